The molecule has 0 radical (unpaired) electrons. The van der Waals surface area contributed by atoms with Gasteiger partial charge in [0.25, 0.3) is 5.69 Å². The van der Waals surface area contributed by atoms with Crippen LogP contribution < -0.4 is 10.1 Å². The molecule has 1 N–H and O–H groups in total. The fraction of sp³-hybridized carbons (Fsp3) is 0.158. The summed E-state index contributed by atoms with van der Waals surface area (Å²) in [5, 5.41) is 13.5. The van der Waals surface area contributed by atoms with E-state index in [1.54, 1.807) is 6.20 Å². The smallest absolute Gasteiger partial charge is 0.271 e. The third kappa shape index (κ3) is 4.49. The molecular formula is C19H17N3O5. The number of benzene rings is 2. The second-order valence-corrected chi connectivity index (χ2v) is 5.67. The van der Waals surface area contributed by atoms with Crippen LogP contribution in [0, 0.1) is 10.1 Å². The van der Waals surface area contributed by atoms with Gasteiger partial charge in [-0.3, -0.25) is 14.9 Å². The normalized spacial score (nSPS) is 10.4. The highest BCUT2D eigenvalue weighted by atomic mass is 16.6. The van der Waals surface area contributed by atoms with Crippen LogP contribution in [0.4, 0.5) is 11.4 Å². The Kier molecular flexibility index (Phi) is 5.46. The molecule has 0 saturated heterocycles. The highest BCUT2D eigenvalue weighted by Gasteiger charge is 2.14. The number of rotatable bonds is 7. The number of nitro groups is 1. The van der Waals surface area contributed by atoms with Crippen molar-refractivity contribution >= 4 is 17.3 Å². The number of aryl methyl sites for hydroxylation is 1. The van der Waals surface area contributed by atoms with Gasteiger partial charge < -0.3 is 14.5 Å². The molecule has 0 aliphatic rings. The molecule has 1 heterocycles. The molecule has 138 valence electrons. The van der Waals surface area contributed by atoms with Crippen LogP contribution in [0.2, 0.25) is 0 Å². The van der Waals surface area contributed by atoms with Crippen molar-refractivity contribution in [2.45, 2.75) is 12.8 Å². The Labute approximate surface area is 154 Å². The number of nitrogens with one attached hydrogen (secondary N) is 1. The Morgan fingerprint density at radius 1 is 1.26 bits per heavy atom. The van der Waals surface area contributed by atoms with Crippen molar-refractivity contribution in [3.8, 4) is 17.1 Å². The van der Waals surface area contributed by atoms with Gasteiger partial charge in [0.1, 0.15) is 5.75 Å². The first-order chi connectivity index (χ1) is 13.1. The lowest BCUT2D eigenvalue weighted by atomic mass is 10.2. The Balaban J connectivity index is 1.63. The molecule has 0 aliphatic carbocycles. The molecule has 0 atom stereocenters. The van der Waals surface area contributed by atoms with Gasteiger partial charge >= 0.3 is 0 Å². The van der Waals surface area contributed by atoms with Gasteiger partial charge in [0.05, 0.1) is 23.9 Å². The predicted molar refractivity (Wildman–Crippen MR) is 98.5 cm³/mol. The Hall–Kier alpha value is -3.68. The van der Waals surface area contributed by atoms with Gasteiger partial charge in [0.15, 0.2) is 11.7 Å². The zero-order chi connectivity index (χ0) is 19.2. The second-order valence-electron chi connectivity index (χ2n) is 5.67. The van der Waals surface area contributed by atoms with Gasteiger partial charge in [0, 0.05) is 30.5 Å². The number of oxazole rings is 1. The number of ether oxygens (including phenoxy) is 1. The monoisotopic (exact) mass is 367 g/mol. The lowest BCUT2D eigenvalue weighted by Crippen LogP contribution is -2.13. The van der Waals surface area contributed by atoms with Crippen molar-refractivity contribution in [2.75, 3.05) is 12.4 Å². The van der Waals surface area contributed by atoms with Crippen LogP contribution in [0.25, 0.3) is 11.3 Å². The van der Waals surface area contributed by atoms with E-state index in [0.717, 1.165) is 5.56 Å². The number of nitro benzene ring substituents is 1. The zero-order valence-electron chi connectivity index (χ0n) is 14.5. The van der Waals surface area contributed by atoms with Crippen LogP contribution in [0.1, 0.15) is 12.3 Å². The molecule has 8 nitrogen and oxygen atoms in total. The lowest BCUT2D eigenvalue weighted by Gasteiger charge is -2.09. The van der Waals surface area contributed by atoms with Crippen molar-refractivity contribution in [1.29, 1.82) is 0 Å². The molecule has 3 rings (SSSR count). The number of hydrogen-bond acceptors (Lipinski definition) is 6. The van der Waals surface area contributed by atoms with E-state index in [-0.39, 0.29) is 23.7 Å². The quantitative estimate of drug-likeness (QED) is 0.502. The molecule has 1 aromatic heterocycles. The molecule has 3 aromatic rings. The van der Waals surface area contributed by atoms with Crippen LogP contribution in [0.5, 0.6) is 5.75 Å². The average molecular weight is 367 g/mol. The number of aromatic nitrogens is 1. The molecule has 8 heteroatoms. The predicted octanol–water partition coefficient (Wildman–Crippen LogP) is 3.83. The summed E-state index contributed by atoms with van der Waals surface area (Å²) in [7, 11) is 1.43. The molecule has 0 bridgehead atoms. The molecule has 0 spiro atoms. The van der Waals surface area contributed by atoms with E-state index in [4.69, 9.17) is 9.15 Å². The molecule has 0 aliphatic heterocycles. The molecule has 2 aromatic carbocycles. The molecule has 27 heavy (non-hydrogen) atoms. The first kappa shape index (κ1) is 18.1. The van der Waals surface area contributed by atoms with Gasteiger partial charge in [-0.1, -0.05) is 30.3 Å². The summed E-state index contributed by atoms with van der Waals surface area (Å²) in [6, 6.07) is 13.5. The molecule has 1 amide bonds. The van der Waals surface area contributed by atoms with E-state index in [1.807, 2.05) is 30.3 Å². The number of methoxy groups -OCH3 is 1. The fourth-order valence-corrected chi connectivity index (χ4v) is 2.50. The standard InChI is InChI=1S/C19H17N3O5/c1-26-16-8-7-14(22(24)25)11-15(16)21-18(23)9-10-19-20-12-17(27-19)13-5-3-2-4-6-13/h2-8,11-12H,9-10H2,1H3,(H,21,23). The highest BCUT2D eigenvalue weighted by molar-refractivity contribution is 5.92. The number of amides is 1. The maximum Gasteiger partial charge on any atom is 0.271 e. The highest BCUT2D eigenvalue weighted by Crippen LogP contribution is 2.29. The summed E-state index contributed by atoms with van der Waals surface area (Å²) < 4.78 is 10.8. The third-order valence-corrected chi connectivity index (χ3v) is 3.85. The Bertz CT molecular complexity index is 953. The van der Waals surface area contributed by atoms with E-state index in [2.05, 4.69) is 10.3 Å². The fourth-order valence-electron chi connectivity index (χ4n) is 2.50. The van der Waals surface area contributed by atoms with Crippen LogP contribution in [-0.4, -0.2) is 22.9 Å². The number of anilines is 1. The number of carbonyl (C=O) groups excluding carboxylic acids is 1. The van der Waals surface area contributed by atoms with Crippen molar-refractivity contribution in [1.82, 2.24) is 4.98 Å². The van der Waals surface area contributed by atoms with Crippen molar-refractivity contribution < 1.29 is 18.9 Å². The van der Waals surface area contributed by atoms with E-state index >= 15 is 0 Å². The van der Waals surface area contributed by atoms with Gasteiger partial charge in [-0.15, -0.1) is 0 Å². The molecular weight excluding hydrogens is 350 g/mol. The van der Waals surface area contributed by atoms with E-state index in [1.165, 1.54) is 25.3 Å². The van der Waals surface area contributed by atoms with Crippen molar-refractivity contribution in [3.63, 3.8) is 0 Å². The average Bonchev–Trinajstić information content (AvgIpc) is 3.16. The van der Waals surface area contributed by atoms with Crippen LogP contribution in [0.15, 0.2) is 59.1 Å². The van der Waals surface area contributed by atoms with Gasteiger partial charge in [-0.25, -0.2) is 4.98 Å². The third-order valence-electron chi connectivity index (χ3n) is 3.85. The first-order valence-corrected chi connectivity index (χ1v) is 8.19. The SMILES string of the molecule is COc1ccc([N+](=O)[O-])cc1NC(=O)CCc1ncc(-c2ccccc2)o1. The summed E-state index contributed by atoms with van der Waals surface area (Å²) in [6.07, 6.45) is 2.03. The number of nitrogens with zero attached hydrogens (tertiary/aromatic N) is 2. The van der Waals surface area contributed by atoms with E-state index in [0.29, 0.717) is 23.8 Å². The largest absolute Gasteiger partial charge is 0.495 e. The molecule has 0 fully saturated rings. The maximum atomic E-state index is 12.2. The number of carbonyl (C=O) groups is 1. The summed E-state index contributed by atoms with van der Waals surface area (Å²) >= 11 is 0. The Morgan fingerprint density at radius 3 is 2.74 bits per heavy atom. The summed E-state index contributed by atoms with van der Waals surface area (Å²) in [4.78, 5) is 26.8. The van der Waals surface area contributed by atoms with Crippen LogP contribution >= 0.6 is 0 Å². The minimum atomic E-state index is -0.535. The lowest BCUT2D eigenvalue weighted by molar-refractivity contribution is -0.384. The van der Waals surface area contributed by atoms with Gasteiger partial charge in [0.2, 0.25) is 5.91 Å². The van der Waals surface area contributed by atoms with Crippen LogP contribution in [-0.2, 0) is 11.2 Å². The second kappa shape index (κ2) is 8.13. The first-order valence-electron chi connectivity index (χ1n) is 8.19. The van der Waals surface area contributed by atoms with E-state index < -0.39 is 4.92 Å². The maximum absolute atomic E-state index is 12.2. The zero-order valence-corrected chi connectivity index (χ0v) is 14.5. The Morgan fingerprint density at radius 2 is 2.04 bits per heavy atom. The van der Waals surface area contributed by atoms with E-state index in [9.17, 15) is 14.9 Å². The number of hydrogen-bond donors (Lipinski definition) is 1. The molecule has 0 unspecified atom stereocenters. The van der Waals surface area contributed by atoms with Crippen LogP contribution in [0.3, 0.4) is 0 Å². The number of non-ortho nitro benzene ring substituents is 1. The van der Waals surface area contributed by atoms with Gasteiger partial charge in [-0.05, 0) is 6.07 Å². The topological polar surface area (TPSA) is 108 Å². The summed E-state index contributed by atoms with van der Waals surface area (Å²) in [5.74, 6) is 1.09. The van der Waals surface area contributed by atoms with Crippen molar-refractivity contribution in [3.05, 3.63) is 70.7 Å². The van der Waals surface area contributed by atoms with Gasteiger partial charge in [-0.2, -0.15) is 0 Å². The minimum Gasteiger partial charge on any atom is -0.495 e. The van der Waals surface area contributed by atoms with Crippen molar-refractivity contribution in [2.24, 2.45) is 0 Å². The molecule has 0 saturated carbocycles. The minimum absolute atomic E-state index is 0.112. The summed E-state index contributed by atoms with van der Waals surface area (Å²) in [6.45, 7) is 0. The summed E-state index contributed by atoms with van der Waals surface area (Å²) in [5.41, 5.74) is 1.02.